The third-order valence-electron chi connectivity index (χ3n) is 5.43. The van der Waals surface area contributed by atoms with Crippen LogP contribution in [0.4, 0.5) is 4.39 Å². The summed E-state index contributed by atoms with van der Waals surface area (Å²) in [4.78, 5) is 51.1. The van der Waals surface area contributed by atoms with Crippen LogP contribution in [0.5, 0.6) is 0 Å². The first kappa shape index (κ1) is 21.0. The van der Waals surface area contributed by atoms with Crippen molar-refractivity contribution < 1.29 is 23.6 Å². The first-order chi connectivity index (χ1) is 13.9. The zero-order valence-electron chi connectivity index (χ0n) is 16.4. The third-order valence-corrected chi connectivity index (χ3v) is 5.43. The molecule has 8 heteroatoms. The van der Waals surface area contributed by atoms with Gasteiger partial charge in [0.05, 0.1) is 12.3 Å². The average Bonchev–Trinajstić information content (AvgIpc) is 3.04. The maximum absolute atomic E-state index is 13.0. The second-order valence-electron chi connectivity index (χ2n) is 7.57. The van der Waals surface area contributed by atoms with Crippen LogP contribution in [0.15, 0.2) is 24.3 Å². The molecule has 156 valence electrons. The number of nitrogens with one attached hydrogen (secondary N) is 1. The van der Waals surface area contributed by atoms with Crippen molar-refractivity contribution in [2.45, 2.75) is 38.5 Å². The summed E-state index contributed by atoms with van der Waals surface area (Å²) in [7, 11) is 0. The van der Waals surface area contributed by atoms with Crippen molar-refractivity contribution in [3.8, 4) is 0 Å². The van der Waals surface area contributed by atoms with E-state index in [4.69, 9.17) is 0 Å². The maximum atomic E-state index is 13.0. The quantitative estimate of drug-likeness (QED) is 0.549. The van der Waals surface area contributed by atoms with Crippen molar-refractivity contribution >= 4 is 23.6 Å². The number of rotatable bonds is 7. The summed E-state index contributed by atoms with van der Waals surface area (Å²) in [6.07, 6.45) is 2.72. The Labute approximate surface area is 169 Å². The Hall–Kier alpha value is -2.77. The molecule has 29 heavy (non-hydrogen) atoms. The van der Waals surface area contributed by atoms with Crippen LogP contribution in [0.1, 0.15) is 37.7 Å². The molecule has 0 aromatic heterocycles. The fourth-order valence-corrected chi connectivity index (χ4v) is 3.77. The lowest BCUT2D eigenvalue weighted by atomic mass is 9.96. The molecule has 7 nitrogen and oxygen atoms in total. The number of imide groups is 1. The van der Waals surface area contributed by atoms with Crippen LogP contribution in [0.2, 0.25) is 0 Å². The van der Waals surface area contributed by atoms with E-state index in [0.717, 1.165) is 18.4 Å². The van der Waals surface area contributed by atoms with Crippen molar-refractivity contribution in [3.05, 3.63) is 35.6 Å². The largest absolute Gasteiger partial charge is 0.356 e. The second kappa shape index (κ2) is 9.62. The van der Waals surface area contributed by atoms with Crippen LogP contribution >= 0.6 is 0 Å². The molecule has 1 atom stereocenters. The van der Waals surface area contributed by atoms with Gasteiger partial charge in [-0.15, -0.1) is 0 Å². The maximum Gasteiger partial charge on any atom is 0.229 e. The number of halogens is 1. The molecule has 2 aliphatic heterocycles. The van der Waals surface area contributed by atoms with Gasteiger partial charge in [0.1, 0.15) is 5.82 Å². The summed E-state index contributed by atoms with van der Waals surface area (Å²) in [5.74, 6) is -1.08. The first-order valence-electron chi connectivity index (χ1n) is 10.1. The molecule has 2 saturated heterocycles. The molecule has 0 bridgehead atoms. The Kier molecular flexibility index (Phi) is 6.95. The van der Waals surface area contributed by atoms with E-state index >= 15 is 0 Å². The lowest BCUT2D eigenvalue weighted by Gasteiger charge is -2.32. The molecule has 3 rings (SSSR count). The molecular weight excluding hydrogens is 377 g/mol. The Balaban J connectivity index is 1.41. The van der Waals surface area contributed by atoms with Gasteiger partial charge in [-0.25, -0.2) is 4.39 Å². The van der Waals surface area contributed by atoms with Crippen LogP contribution in [0, 0.1) is 11.7 Å². The van der Waals surface area contributed by atoms with E-state index in [9.17, 15) is 23.6 Å². The van der Waals surface area contributed by atoms with Gasteiger partial charge in [-0.2, -0.15) is 0 Å². The molecule has 1 aromatic carbocycles. The van der Waals surface area contributed by atoms with Gasteiger partial charge in [0.2, 0.25) is 23.6 Å². The summed E-state index contributed by atoms with van der Waals surface area (Å²) in [5.41, 5.74) is 0.744. The number of hydrogen-bond acceptors (Lipinski definition) is 4. The van der Waals surface area contributed by atoms with Crippen LogP contribution in [0.3, 0.4) is 0 Å². The monoisotopic (exact) mass is 403 g/mol. The number of carbonyl (C=O) groups is 4. The minimum atomic E-state index is -0.339. The highest BCUT2D eigenvalue weighted by atomic mass is 19.1. The lowest BCUT2D eigenvalue weighted by Crippen LogP contribution is -2.46. The molecule has 0 spiro atoms. The minimum Gasteiger partial charge on any atom is -0.356 e. The van der Waals surface area contributed by atoms with Crippen molar-refractivity contribution in [2.24, 2.45) is 5.92 Å². The normalized spacial score (nSPS) is 19.6. The van der Waals surface area contributed by atoms with Gasteiger partial charge < -0.3 is 10.2 Å². The topological polar surface area (TPSA) is 86.8 Å². The van der Waals surface area contributed by atoms with E-state index in [1.165, 1.54) is 17.0 Å². The van der Waals surface area contributed by atoms with Crippen LogP contribution in [0.25, 0.3) is 0 Å². The Morgan fingerprint density at radius 1 is 1.10 bits per heavy atom. The minimum absolute atomic E-state index is 0.0693. The van der Waals surface area contributed by atoms with Crippen molar-refractivity contribution in [2.75, 3.05) is 26.2 Å². The first-order valence-corrected chi connectivity index (χ1v) is 10.1. The number of benzene rings is 1. The van der Waals surface area contributed by atoms with Crippen molar-refractivity contribution in [1.29, 1.82) is 0 Å². The van der Waals surface area contributed by atoms with E-state index in [2.05, 4.69) is 5.32 Å². The highest BCUT2D eigenvalue weighted by Crippen LogP contribution is 2.18. The summed E-state index contributed by atoms with van der Waals surface area (Å²) in [5, 5.41) is 2.85. The molecular formula is C21H26FN3O4. The molecule has 0 aliphatic carbocycles. The molecule has 1 aromatic rings. The van der Waals surface area contributed by atoms with Crippen molar-refractivity contribution in [3.63, 3.8) is 0 Å². The highest BCUT2D eigenvalue weighted by Gasteiger charge is 2.29. The SMILES string of the molecule is O=C(NCCCN1C(=O)CCC1=O)C1CCCN(C(=O)Cc2ccc(F)cc2)C1. The Bertz CT molecular complexity index is 765. The van der Waals surface area contributed by atoms with Gasteiger partial charge in [0.15, 0.2) is 0 Å². The predicted molar refractivity (Wildman–Crippen MR) is 103 cm³/mol. The number of nitrogens with zero attached hydrogens (tertiary/aromatic N) is 2. The van der Waals surface area contributed by atoms with E-state index in [-0.39, 0.29) is 54.6 Å². The lowest BCUT2D eigenvalue weighted by molar-refractivity contribution is -0.138. The van der Waals surface area contributed by atoms with Gasteiger partial charge >= 0.3 is 0 Å². The number of hydrogen-bond donors (Lipinski definition) is 1. The third kappa shape index (κ3) is 5.62. The molecule has 2 fully saturated rings. The molecule has 2 heterocycles. The second-order valence-corrected chi connectivity index (χ2v) is 7.57. The van der Waals surface area contributed by atoms with Crippen LogP contribution in [-0.4, -0.2) is 59.6 Å². The molecule has 0 radical (unpaired) electrons. The average molecular weight is 403 g/mol. The molecule has 1 N–H and O–H groups in total. The zero-order valence-corrected chi connectivity index (χ0v) is 16.4. The van der Waals surface area contributed by atoms with Crippen molar-refractivity contribution in [1.82, 2.24) is 15.1 Å². The predicted octanol–water partition coefficient (Wildman–Crippen LogP) is 1.26. The van der Waals surface area contributed by atoms with Gasteiger partial charge in [0.25, 0.3) is 0 Å². The smallest absolute Gasteiger partial charge is 0.229 e. The summed E-state index contributed by atoms with van der Waals surface area (Å²) in [6, 6.07) is 5.85. The van der Waals surface area contributed by atoms with Crippen LogP contribution in [-0.2, 0) is 25.6 Å². The number of carbonyl (C=O) groups excluding carboxylic acids is 4. The van der Waals surface area contributed by atoms with Gasteiger partial charge in [-0.3, -0.25) is 24.1 Å². The van der Waals surface area contributed by atoms with E-state index < -0.39 is 0 Å². The Morgan fingerprint density at radius 2 is 1.79 bits per heavy atom. The van der Waals surface area contributed by atoms with Gasteiger partial charge in [-0.1, -0.05) is 12.1 Å². The van der Waals surface area contributed by atoms with E-state index in [1.807, 2.05) is 0 Å². The van der Waals surface area contributed by atoms with Crippen LogP contribution < -0.4 is 5.32 Å². The highest BCUT2D eigenvalue weighted by molar-refractivity contribution is 6.01. The molecule has 2 aliphatic rings. The zero-order chi connectivity index (χ0) is 20.8. The summed E-state index contributed by atoms with van der Waals surface area (Å²) < 4.78 is 13.0. The fraction of sp³-hybridized carbons (Fsp3) is 0.524. The summed E-state index contributed by atoms with van der Waals surface area (Å²) in [6.45, 7) is 1.69. The number of amides is 4. The summed E-state index contributed by atoms with van der Waals surface area (Å²) >= 11 is 0. The number of likely N-dealkylation sites (tertiary alicyclic amines) is 2. The fourth-order valence-electron chi connectivity index (χ4n) is 3.77. The van der Waals surface area contributed by atoms with E-state index in [1.54, 1.807) is 17.0 Å². The molecule has 4 amide bonds. The molecule has 0 saturated carbocycles. The van der Waals surface area contributed by atoms with E-state index in [0.29, 0.717) is 32.6 Å². The standard InChI is InChI=1S/C21H26FN3O4/c22-17-6-4-15(5-7-17)13-20(28)24-11-1-3-16(14-24)21(29)23-10-2-12-25-18(26)8-9-19(25)27/h4-7,16H,1-3,8-14H2,(H,23,29). The van der Waals surface area contributed by atoms with Gasteiger partial charge in [0, 0.05) is 39.0 Å². The molecule has 1 unspecified atom stereocenters. The Morgan fingerprint density at radius 3 is 2.48 bits per heavy atom. The van der Waals surface area contributed by atoms with Gasteiger partial charge in [-0.05, 0) is 37.0 Å². The number of piperidine rings is 1.